The van der Waals surface area contributed by atoms with E-state index in [9.17, 15) is 4.79 Å². The van der Waals surface area contributed by atoms with E-state index < -0.39 is 0 Å². The van der Waals surface area contributed by atoms with Crippen molar-refractivity contribution in [2.45, 2.75) is 19.3 Å². The van der Waals surface area contributed by atoms with E-state index in [0.717, 1.165) is 35.3 Å². The first-order valence-corrected chi connectivity index (χ1v) is 7.51. The molecule has 0 fully saturated rings. The van der Waals surface area contributed by atoms with E-state index in [1.54, 1.807) is 7.11 Å². The summed E-state index contributed by atoms with van der Waals surface area (Å²) in [5.74, 6) is 1.04. The molecule has 1 atom stereocenters. The molecule has 0 N–H and O–H groups in total. The lowest BCUT2D eigenvalue weighted by atomic mass is 9.79. The van der Waals surface area contributed by atoms with Gasteiger partial charge in [0.25, 0.3) is 0 Å². The van der Waals surface area contributed by atoms with Crippen LogP contribution in [0.5, 0.6) is 5.75 Å². The topological polar surface area (TPSA) is 26.3 Å². The average molecular weight is 301 g/mol. The van der Waals surface area contributed by atoms with Crippen LogP contribution in [0.2, 0.25) is 5.02 Å². The van der Waals surface area contributed by atoms with Crippen LogP contribution < -0.4 is 4.74 Å². The molecule has 21 heavy (non-hydrogen) atoms. The molecule has 0 aliphatic heterocycles. The minimum Gasteiger partial charge on any atom is -0.496 e. The van der Waals surface area contributed by atoms with Crippen molar-refractivity contribution in [3.8, 4) is 5.75 Å². The first-order chi connectivity index (χ1) is 10.2. The number of methoxy groups -OCH3 is 1. The van der Waals surface area contributed by atoms with Crippen molar-refractivity contribution in [3.63, 3.8) is 0 Å². The number of halogens is 1. The highest BCUT2D eigenvalue weighted by Crippen LogP contribution is 2.31. The van der Waals surface area contributed by atoms with Gasteiger partial charge >= 0.3 is 0 Å². The first-order valence-electron chi connectivity index (χ1n) is 7.13. The maximum Gasteiger partial charge on any atom is 0.166 e. The molecular formula is C18H17ClO2. The number of hydrogen-bond donors (Lipinski definition) is 0. The summed E-state index contributed by atoms with van der Waals surface area (Å²) in [6.07, 6.45) is 2.51. The van der Waals surface area contributed by atoms with Gasteiger partial charge in [-0.25, -0.2) is 0 Å². The van der Waals surface area contributed by atoms with Gasteiger partial charge in [-0.05, 0) is 48.6 Å². The Bertz CT molecular complexity index is 679. The van der Waals surface area contributed by atoms with Gasteiger partial charge in [-0.15, -0.1) is 0 Å². The number of carbonyl (C=O) groups excluding carboxylic acids is 1. The van der Waals surface area contributed by atoms with Crippen LogP contribution in [0.3, 0.4) is 0 Å². The molecule has 1 unspecified atom stereocenters. The van der Waals surface area contributed by atoms with Crippen LogP contribution in [0.15, 0.2) is 42.5 Å². The number of ether oxygens (including phenoxy) is 1. The predicted molar refractivity (Wildman–Crippen MR) is 84.3 cm³/mol. The minimum absolute atomic E-state index is 0.00673. The highest BCUT2D eigenvalue weighted by atomic mass is 35.5. The molecule has 1 aliphatic carbocycles. The molecule has 2 aromatic rings. The van der Waals surface area contributed by atoms with Gasteiger partial charge in [0.2, 0.25) is 0 Å². The van der Waals surface area contributed by atoms with Gasteiger partial charge in [0, 0.05) is 16.5 Å². The van der Waals surface area contributed by atoms with Crippen LogP contribution in [0.25, 0.3) is 0 Å². The van der Waals surface area contributed by atoms with Crippen molar-refractivity contribution in [3.05, 3.63) is 64.2 Å². The fourth-order valence-corrected chi connectivity index (χ4v) is 3.22. The highest BCUT2D eigenvalue weighted by Gasteiger charge is 2.27. The molecule has 1 aliphatic rings. The summed E-state index contributed by atoms with van der Waals surface area (Å²) >= 11 is 6.07. The van der Waals surface area contributed by atoms with Crippen molar-refractivity contribution < 1.29 is 9.53 Å². The second-order valence-corrected chi connectivity index (χ2v) is 5.85. The zero-order valence-electron chi connectivity index (χ0n) is 11.9. The summed E-state index contributed by atoms with van der Waals surface area (Å²) in [4.78, 5) is 12.6. The van der Waals surface area contributed by atoms with Gasteiger partial charge in [-0.2, -0.15) is 0 Å². The average Bonchev–Trinajstić information content (AvgIpc) is 2.51. The van der Waals surface area contributed by atoms with Gasteiger partial charge in [-0.3, -0.25) is 4.79 Å². The second-order valence-electron chi connectivity index (χ2n) is 5.42. The molecule has 0 bridgehead atoms. The molecule has 0 heterocycles. The van der Waals surface area contributed by atoms with Crippen LogP contribution in [-0.2, 0) is 12.8 Å². The minimum atomic E-state index is 0.00673. The Morgan fingerprint density at radius 2 is 2.05 bits per heavy atom. The van der Waals surface area contributed by atoms with Crippen LogP contribution in [0.4, 0.5) is 0 Å². The molecule has 2 aromatic carbocycles. The summed E-state index contributed by atoms with van der Waals surface area (Å²) < 4.78 is 5.38. The van der Waals surface area contributed by atoms with E-state index in [2.05, 4.69) is 0 Å². The molecule has 0 radical (unpaired) electrons. The van der Waals surface area contributed by atoms with Crippen LogP contribution in [0, 0.1) is 5.92 Å². The maximum atomic E-state index is 12.6. The molecular weight excluding hydrogens is 284 g/mol. The molecule has 0 spiro atoms. The second kappa shape index (κ2) is 5.90. The molecule has 3 rings (SSSR count). The number of ketones is 1. The Morgan fingerprint density at radius 3 is 2.86 bits per heavy atom. The summed E-state index contributed by atoms with van der Waals surface area (Å²) in [6.45, 7) is 0. The smallest absolute Gasteiger partial charge is 0.166 e. The van der Waals surface area contributed by atoms with Gasteiger partial charge in [0.15, 0.2) is 5.78 Å². The summed E-state index contributed by atoms with van der Waals surface area (Å²) in [6, 6.07) is 13.5. The normalized spacial score (nSPS) is 17.4. The third kappa shape index (κ3) is 2.81. The SMILES string of the molecule is COc1ccc(Cl)cc1CC1CCc2ccccc2C1=O. The van der Waals surface area contributed by atoms with E-state index >= 15 is 0 Å². The molecule has 2 nitrogen and oxygen atoms in total. The van der Waals surface area contributed by atoms with E-state index in [1.165, 1.54) is 0 Å². The number of aryl methyl sites for hydroxylation is 1. The van der Waals surface area contributed by atoms with Crippen LogP contribution in [-0.4, -0.2) is 12.9 Å². The lowest BCUT2D eigenvalue weighted by Gasteiger charge is -2.24. The highest BCUT2D eigenvalue weighted by molar-refractivity contribution is 6.30. The fourth-order valence-electron chi connectivity index (χ4n) is 3.03. The molecule has 108 valence electrons. The number of carbonyl (C=O) groups is 1. The molecule has 0 aromatic heterocycles. The Hall–Kier alpha value is -1.80. The third-order valence-electron chi connectivity index (χ3n) is 4.12. The Balaban J connectivity index is 1.87. The van der Waals surface area contributed by atoms with Crippen molar-refractivity contribution in [1.82, 2.24) is 0 Å². The monoisotopic (exact) mass is 300 g/mol. The van der Waals surface area contributed by atoms with Gasteiger partial charge in [0.1, 0.15) is 5.75 Å². The van der Waals surface area contributed by atoms with E-state index in [1.807, 2.05) is 42.5 Å². The maximum absolute atomic E-state index is 12.6. The zero-order chi connectivity index (χ0) is 14.8. The van der Waals surface area contributed by atoms with Gasteiger partial charge in [-0.1, -0.05) is 35.9 Å². The van der Waals surface area contributed by atoms with Crippen molar-refractivity contribution in [2.75, 3.05) is 7.11 Å². The Labute approximate surface area is 129 Å². The number of rotatable bonds is 3. The summed E-state index contributed by atoms with van der Waals surface area (Å²) in [7, 11) is 1.64. The zero-order valence-corrected chi connectivity index (χ0v) is 12.7. The molecule has 0 amide bonds. The van der Waals surface area contributed by atoms with Gasteiger partial charge in [0.05, 0.1) is 7.11 Å². The van der Waals surface area contributed by atoms with Crippen molar-refractivity contribution in [1.29, 1.82) is 0 Å². The standard InChI is InChI=1S/C18H17ClO2/c1-21-17-9-8-15(19)11-14(17)10-13-7-6-12-4-2-3-5-16(12)18(13)20/h2-5,8-9,11,13H,6-7,10H2,1H3. The lowest BCUT2D eigenvalue weighted by Crippen LogP contribution is -2.24. The Kier molecular flexibility index (Phi) is 3.98. The lowest BCUT2D eigenvalue weighted by molar-refractivity contribution is 0.0901. The largest absolute Gasteiger partial charge is 0.496 e. The summed E-state index contributed by atoms with van der Waals surface area (Å²) in [5, 5.41) is 0.675. The number of Topliss-reactive ketones (excluding diaryl/α,β-unsaturated/α-hetero) is 1. The number of fused-ring (bicyclic) bond motifs is 1. The Morgan fingerprint density at radius 1 is 1.24 bits per heavy atom. The van der Waals surface area contributed by atoms with Gasteiger partial charge < -0.3 is 4.74 Å². The number of hydrogen-bond acceptors (Lipinski definition) is 2. The third-order valence-corrected chi connectivity index (χ3v) is 4.36. The molecule has 0 saturated carbocycles. The quantitative estimate of drug-likeness (QED) is 0.843. The van der Waals surface area contributed by atoms with E-state index in [4.69, 9.17) is 16.3 Å². The van der Waals surface area contributed by atoms with Crippen molar-refractivity contribution >= 4 is 17.4 Å². The fraction of sp³-hybridized carbons (Fsp3) is 0.278. The molecule has 3 heteroatoms. The van der Waals surface area contributed by atoms with Crippen LogP contribution in [0.1, 0.15) is 27.9 Å². The molecule has 0 saturated heterocycles. The first kappa shape index (κ1) is 14.2. The summed E-state index contributed by atoms with van der Waals surface area (Å²) in [5.41, 5.74) is 3.04. The van der Waals surface area contributed by atoms with Crippen molar-refractivity contribution in [2.24, 2.45) is 5.92 Å². The predicted octanol–water partition coefficient (Wildman–Crippen LogP) is 4.34. The van der Waals surface area contributed by atoms with E-state index in [0.29, 0.717) is 11.4 Å². The van der Waals surface area contributed by atoms with E-state index in [-0.39, 0.29) is 11.7 Å². The van der Waals surface area contributed by atoms with Crippen LogP contribution >= 0.6 is 11.6 Å². The number of benzene rings is 2.